The highest BCUT2D eigenvalue weighted by Crippen LogP contribution is 2.09. The molecule has 90 valence electrons. The van der Waals surface area contributed by atoms with Crippen LogP contribution < -0.4 is 5.32 Å². The monoisotopic (exact) mass is 232 g/mol. The van der Waals surface area contributed by atoms with E-state index in [2.05, 4.69) is 5.32 Å². The van der Waals surface area contributed by atoms with Gasteiger partial charge in [0.15, 0.2) is 0 Å². The van der Waals surface area contributed by atoms with Gasteiger partial charge >= 0.3 is 0 Å². The van der Waals surface area contributed by atoms with E-state index in [0.29, 0.717) is 19.5 Å². The molecule has 1 aliphatic heterocycles. The second-order valence-electron chi connectivity index (χ2n) is 4.27. The van der Waals surface area contributed by atoms with Crippen LogP contribution >= 0.6 is 0 Å². The molecule has 0 aromatic heterocycles. The first-order chi connectivity index (χ1) is 8.16. The fraction of sp³-hybridized carbons (Fsp3) is 0.385. The SMILES string of the molecule is Cc1ccccc1CC(=O)N1CCNC(=O)C1. The van der Waals surface area contributed by atoms with E-state index in [-0.39, 0.29) is 18.4 Å². The number of amides is 2. The Balaban J connectivity index is 2.02. The number of nitrogens with one attached hydrogen (secondary N) is 1. The van der Waals surface area contributed by atoms with Crippen LogP contribution in [0.3, 0.4) is 0 Å². The number of nitrogens with zero attached hydrogens (tertiary/aromatic N) is 1. The molecule has 2 amide bonds. The zero-order valence-electron chi connectivity index (χ0n) is 9.90. The average molecular weight is 232 g/mol. The molecule has 4 heteroatoms. The van der Waals surface area contributed by atoms with Crippen LogP contribution in [0.4, 0.5) is 0 Å². The molecule has 1 N–H and O–H groups in total. The van der Waals surface area contributed by atoms with Gasteiger partial charge in [0.2, 0.25) is 11.8 Å². The van der Waals surface area contributed by atoms with Crippen molar-refractivity contribution < 1.29 is 9.59 Å². The van der Waals surface area contributed by atoms with E-state index < -0.39 is 0 Å². The number of hydrogen-bond acceptors (Lipinski definition) is 2. The smallest absolute Gasteiger partial charge is 0.239 e. The topological polar surface area (TPSA) is 49.4 Å². The van der Waals surface area contributed by atoms with Crippen molar-refractivity contribution in [3.05, 3.63) is 35.4 Å². The number of rotatable bonds is 2. The van der Waals surface area contributed by atoms with Crippen molar-refractivity contribution in [3.63, 3.8) is 0 Å². The van der Waals surface area contributed by atoms with Crippen molar-refractivity contribution in [2.45, 2.75) is 13.3 Å². The van der Waals surface area contributed by atoms with Crippen LogP contribution in [-0.4, -0.2) is 36.3 Å². The summed E-state index contributed by atoms with van der Waals surface area (Å²) in [6.07, 6.45) is 0.375. The number of aryl methyl sites for hydroxylation is 1. The van der Waals surface area contributed by atoms with Crippen molar-refractivity contribution in [2.75, 3.05) is 19.6 Å². The van der Waals surface area contributed by atoms with Gasteiger partial charge in [-0.1, -0.05) is 24.3 Å². The van der Waals surface area contributed by atoms with E-state index in [1.807, 2.05) is 31.2 Å². The number of benzene rings is 1. The number of piperazine rings is 1. The minimum absolute atomic E-state index is 0.0224. The molecular formula is C13H16N2O2. The van der Waals surface area contributed by atoms with E-state index >= 15 is 0 Å². The Bertz CT molecular complexity index is 443. The fourth-order valence-electron chi connectivity index (χ4n) is 1.93. The third kappa shape index (κ3) is 2.84. The summed E-state index contributed by atoms with van der Waals surface area (Å²) >= 11 is 0. The lowest BCUT2D eigenvalue weighted by atomic mass is 10.1. The predicted molar refractivity (Wildman–Crippen MR) is 64.5 cm³/mol. The minimum atomic E-state index is -0.0746. The standard InChI is InChI=1S/C13H16N2O2/c1-10-4-2-3-5-11(10)8-13(17)15-7-6-14-12(16)9-15/h2-5H,6-9H2,1H3,(H,14,16). The van der Waals surface area contributed by atoms with Crippen LogP contribution in [0.1, 0.15) is 11.1 Å². The largest absolute Gasteiger partial charge is 0.353 e. The van der Waals surface area contributed by atoms with E-state index in [4.69, 9.17) is 0 Å². The summed E-state index contributed by atoms with van der Waals surface area (Å²) in [4.78, 5) is 24.8. The molecule has 17 heavy (non-hydrogen) atoms. The lowest BCUT2D eigenvalue weighted by molar-refractivity contribution is -0.137. The summed E-state index contributed by atoms with van der Waals surface area (Å²) in [5.41, 5.74) is 2.14. The number of carbonyl (C=O) groups excluding carboxylic acids is 2. The summed E-state index contributed by atoms with van der Waals surface area (Å²) < 4.78 is 0. The molecule has 0 atom stereocenters. The molecule has 0 spiro atoms. The molecule has 2 rings (SSSR count). The van der Waals surface area contributed by atoms with Crippen LogP contribution in [0, 0.1) is 6.92 Å². The lowest BCUT2D eigenvalue weighted by Gasteiger charge is -2.26. The lowest BCUT2D eigenvalue weighted by Crippen LogP contribution is -2.50. The van der Waals surface area contributed by atoms with Gasteiger partial charge in [0.1, 0.15) is 0 Å². The molecule has 1 aromatic carbocycles. The predicted octanol–water partition coefficient (Wildman–Crippen LogP) is 0.496. The highest BCUT2D eigenvalue weighted by atomic mass is 16.2. The highest BCUT2D eigenvalue weighted by molar-refractivity contribution is 5.87. The van der Waals surface area contributed by atoms with Gasteiger partial charge in [-0.25, -0.2) is 0 Å². The first kappa shape index (κ1) is 11.6. The summed E-state index contributed by atoms with van der Waals surface area (Å²) in [5, 5.41) is 2.71. The maximum Gasteiger partial charge on any atom is 0.239 e. The molecule has 0 radical (unpaired) electrons. The van der Waals surface area contributed by atoms with Gasteiger partial charge in [0.25, 0.3) is 0 Å². The highest BCUT2D eigenvalue weighted by Gasteiger charge is 2.21. The Hall–Kier alpha value is -1.84. The zero-order chi connectivity index (χ0) is 12.3. The van der Waals surface area contributed by atoms with E-state index in [1.54, 1.807) is 4.90 Å². The van der Waals surface area contributed by atoms with Crippen molar-refractivity contribution >= 4 is 11.8 Å². The quantitative estimate of drug-likeness (QED) is 0.807. The van der Waals surface area contributed by atoms with E-state index in [0.717, 1.165) is 11.1 Å². The van der Waals surface area contributed by atoms with Gasteiger partial charge in [-0.2, -0.15) is 0 Å². The Labute approximate surface area is 101 Å². The molecule has 1 aromatic rings. The Morgan fingerprint density at radius 2 is 2.18 bits per heavy atom. The van der Waals surface area contributed by atoms with Gasteiger partial charge in [0.05, 0.1) is 13.0 Å². The third-order valence-corrected chi connectivity index (χ3v) is 2.99. The van der Waals surface area contributed by atoms with E-state index in [9.17, 15) is 9.59 Å². The third-order valence-electron chi connectivity index (χ3n) is 2.99. The summed E-state index contributed by atoms with van der Waals surface area (Å²) in [7, 11) is 0. The summed E-state index contributed by atoms with van der Waals surface area (Å²) in [6, 6.07) is 7.83. The average Bonchev–Trinajstić information content (AvgIpc) is 2.32. The van der Waals surface area contributed by atoms with Gasteiger partial charge in [0, 0.05) is 13.1 Å². The molecular weight excluding hydrogens is 216 g/mol. The normalized spacial score (nSPS) is 15.6. The van der Waals surface area contributed by atoms with Crippen LogP contribution in [0.25, 0.3) is 0 Å². The summed E-state index contributed by atoms with van der Waals surface area (Å²) in [5.74, 6) is -0.0523. The first-order valence-electron chi connectivity index (χ1n) is 5.76. The summed E-state index contributed by atoms with van der Waals surface area (Å²) in [6.45, 7) is 3.34. The molecule has 1 aliphatic rings. The molecule has 1 heterocycles. The maximum atomic E-state index is 12.0. The number of hydrogen-bond donors (Lipinski definition) is 1. The molecule has 4 nitrogen and oxygen atoms in total. The van der Waals surface area contributed by atoms with Crippen LogP contribution in [0.15, 0.2) is 24.3 Å². The number of carbonyl (C=O) groups is 2. The molecule has 1 saturated heterocycles. The van der Waals surface area contributed by atoms with Crippen LogP contribution in [-0.2, 0) is 16.0 Å². The van der Waals surface area contributed by atoms with Crippen molar-refractivity contribution in [3.8, 4) is 0 Å². The Morgan fingerprint density at radius 1 is 1.41 bits per heavy atom. The zero-order valence-corrected chi connectivity index (χ0v) is 9.90. The van der Waals surface area contributed by atoms with Gasteiger partial charge in [-0.05, 0) is 18.1 Å². The maximum absolute atomic E-state index is 12.0. The van der Waals surface area contributed by atoms with E-state index in [1.165, 1.54) is 0 Å². The molecule has 0 bridgehead atoms. The molecule has 0 saturated carbocycles. The van der Waals surface area contributed by atoms with Crippen LogP contribution in [0.2, 0.25) is 0 Å². The molecule has 0 unspecified atom stereocenters. The Morgan fingerprint density at radius 3 is 2.88 bits per heavy atom. The molecule has 1 fully saturated rings. The van der Waals surface area contributed by atoms with Crippen molar-refractivity contribution in [1.29, 1.82) is 0 Å². The Kier molecular flexibility index (Phi) is 3.42. The van der Waals surface area contributed by atoms with Gasteiger partial charge < -0.3 is 10.2 Å². The minimum Gasteiger partial charge on any atom is -0.353 e. The van der Waals surface area contributed by atoms with Gasteiger partial charge in [-0.3, -0.25) is 9.59 Å². The molecule has 0 aliphatic carbocycles. The second-order valence-corrected chi connectivity index (χ2v) is 4.27. The van der Waals surface area contributed by atoms with Crippen molar-refractivity contribution in [1.82, 2.24) is 10.2 Å². The first-order valence-corrected chi connectivity index (χ1v) is 5.76. The van der Waals surface area contributed by atoms with Crippen molar-refractivity contribution in [2.24, 2.45) is 0 Å². The van der Waals surface area contributed by atoms with Crippen LogP contribution in [0.5, 0.6) is 0 Å². The second kappa shape index (κ2) is 4.99. The van der Waals surface area contributed by atoms with Gasteiger partial charge in [-0.15, -0.1) is 0 Å². The fourth-order valence-corrected chi connectivity index (χ4v) is 1.93.